The van der Waals surface area contributed by atoms with Crippen molar-refractivity contribution in [2.75, 3.05) is 13.1 Å². The number of aromatic nitrogens is 1. The Balaban J connectivity index is 1.69. The summed E-state index contributed by atoms with van der Waals surface area (Å²) in [4.78, 5) is 12.6. The molecule has 2 heterocycles. The molecule has 1 saturated heterocycles. The Morgan fingerprint density at radius 3 is 2.78 bits per heavy atom. The van der Waals surface area contributed by atoms with Crippen LogP contribution in [0.25, 0.3) is 0 Å². The van der Waals surface area contributed by atoms with Gasteiger partial charge in [0.25, 0.3) is 0 Å². The van der Waals surface area contributed by atoms with E-state index in [-0.39, 0.29) is 35.4 Å². The summed E-state index contributed by atoms with van der Waals surface area (Å²) in [5.41, 5.74) is 0.931. The summed E-state index contributed by atoms with van der Waals surface area (Å²) in [6.07, 6.45) is 1.21. The molecular formula is C18H23N3O5S. The van der Waals surface area contributed by atoms with E-state index in [9.17, 15) is 18.3 Å². The smallest absolute Gasteiger partial charge is 0.248 e. The molecule has 9 heteroatoms. The van der Waals surface area contributed by atoms with E-state index in [2.05, 4.69) is 10.5 Å². The number of amides is 1. The molecule has 27 heavy (non-hydrogen) atoms. The molecule has 1 aromatic carbocycles. The molecule has 2 N–H and O–H groups in total. The van der Waals surface area contributed by atoms with Crippen LogP contribution in [0.4, 0.5) is 0 Å². The van der Waals surface area contributed by atoms with Gasteiger partial charge in [0.05, 0.1) is 5.92 Å². The quantitative estimate of drug-likeness (QED) is 0.800. The summed E-state index contributed by atoms with van der Waals surface area (Å²) in [7, 11) is -3.76. The van der Waals surface area contributed by atoms with Gasteiger partial charge in [-0.25, -0.2) is 8.42 Å². The molecule has 1 unspecified atom stereocenters. The van der Waals surface area contributed by atoms with Crippen molar-refractivity contribution in [3.8, 4) is 5.75 Å². The van der Waals surface area contributed by atoms with Crippen molar-refractivity contribution in [1.29, 1.82) is 0 Å². The van der Waals surface area contributed by atoms with Gasteiger partial charge < -0.3 is 14.9 Å². The summed E-state index contributed by atoms with van der Waals surface area (Å²) in [6, 6.07) is 6.77. The fourth-order valence-corrected chi connectivity index (χ4v) is 5.15. The Bertz CT molecular complexity index is 919. The van der Waals surface area contributed by atoms with Gasteiger partial charge in [-0.2, -0.15) is 4.31 Å². The van der Waals surface area contributed by atoms with Gasteiger partial charge >= 0.3 is 0 Å². The number of benzene rings is 1. The molecule has 8 nitrogen and oxygen atoms in total. The molecule has 3 rings (SSSR count). The highest BCUT2D eigenvalue weighted by Crippen LogP contribution is 2.28. The predicted octanol–water partition coefficient (Wildman–Crippen LogP) is 1.71. The lowest BCUT2D eigenvalue weighted by Crippen LogP contribution is -2.45. The fourth-order valence-electron chi connectivity index (χ4n) is 3.33. The van der Waals surface area contributed by atoms with E-state index in [1.165, 1.54) is 4.31 Å². The van der Waals surface area contributed by atoms with Crippen LogP contribution in [0, 0.1) is 19.8 Å². The summed E-state index contributed by atoms with van der Waals surface area (Å²) in [6.45, 7) is 3.81. The third-order valence-electron chi connectivity index (χ3n) is 4.77. The number of hydrogen-bond acceptors (Lipinski definition) is 6. The van der Waals surface area contributed by atoms with Gasteiger partial charge in [0.2, 0.25) is 15.9 Å². The number of aromatic hydroxyl groups is 1. The second-order valence-corrected chi connectivity index (χ2v) is 8.58. The predicted molar refractivity (Wildman–Crippen MR) is 97.4 cm³/mol. The minimum atomic E-state index is -3.76. The molecule has 1 amide bonds. The highest BCUT2D eigenvalue weighted by Gasteiger charge is 2.36. The largest absolute Gasteiger partial charge is 0.508 e. The van der Waals surface area contributed by atoms with Crippen LogP contribution in [0.2, 0.25) is 0 Å². The van der Waals surface area contributed by atoms with E-state index in [0.29, 0.717) is 30.6 Å². The van der Waals surface area contributed by atoms with Crippen LogP contribution in [0.1, 0.15) is 29.9 Å². The number of phenols is 1. The monoisotopic (exact) mass is 393 g/mol. The zero-order chi connectivity index (χ0) is 19.6. The van der Waals surface area contributed by atoms with Crippen LogP contribution >= 0.6 is 0 Å². The molecule has 1 aromatic heterocycles. The van der Waals surface area contributed by atoms with Crippen molar-refractivity contribution < 1.29 is 22.8 Å². The molecule has 1 aliphatic rings. The van der Waals surface area contributed by atoms with E-state index in [4.69, 9.17) is 4.52 Å². The van der Waals surface area contributed by atoms with E-state index >= 15 is 0 Å². The van der Waals surface area contributed by atoms with Gasteiger partial charge in [-0.15, -0.1) is 0 Å². The number of rotatable bonds is 5. The van der Waals surface area contributed by atoms with Crippen LogP contribution in [-0.4, -0.2) is 42.0 Å². The standard InChI is InChI=1S/C18H23N3O5S/c1-12-17(13(2)26-20-12)27(24,25)21-9-5-7-15(11-21)18(23)19-10-14-6-3-4-8-16(14)22/h3-4,6,8,15,22H,5,7,9-11H2,1-2H3,(H,19,23). The molecule has 1 fully saturated rings. The highest BCUT2D eigenvalue weighted by atomic mass is 32.2. The molecular weight excluding hydrogens is 370 g/mol. The van der Waals surface area contributed by atoms with Crippen molar-refractivity contribution in [3.05, 3.63) is 41.3 Å². The average Bonchev–Trinajstić information content (AvgIpc) is 3.00. The first-order valence-corrected chi connectivity index (χ1v) is 10.2. The maximum absolute atomic E-state index is 12.9. The number of aryl methyl sites for hydroxylation is 2. The summed E-state index contributed by atoms with van der Waals surface area (Å²) < 4.78 is 32.2. The van der Waals surface area contributed by atoms with Gasteiger partial charge in [0, 0.05) is 25.2 Å². The zero-order valence-corrected chi connectivity index (χ0v) is 16.1. The molecule has 146 valence electrons. The Hall–Kier alpha value is -2.39. The Morgan fingerprint density at radius 1 is 1.37 bits per heavy atom. The molecule has 0 spiro atoms. The zero-order valence-electron chi connectivity index (χ0n) is 15.3. The average molecular weight is 393 g/mol. The van der Waals surface area contributed by atoms with Crippen molar-refractivity contribution in [2.45, 2.75) is 38.1 Å². The molecule has 1 atom stereocenters. The Labute approximate surface area is 158 Å². The maximum atomic E-state index is 12.9. The fraction of sp³-hybridized carbons (Fsp3) is 0.444. The number of nitrogens with one attached hydrogen (secondary N) is 1. The second-order valence-electron chi connectivity index (χ2n) is 6.70. The Morgan fingerprint density at radius 2 is 2.11 bits per heavy atom. The lowest BCUT2D eigenvalue weighted by molar-refractivity contribution is -0.126. The lowest BCUT2D eigenvalue weighted by Gasteiger charge is -2.31. The van der Waals surface area contributed by atoms with Gasteiger partial charge in [-0.1, -0.05) is 23.4 Å². The number of hydrogen-bond donors (Lipinski definition) is 2. The minimum absolute atomic E-state index is 0.0813. The molecule has 0 aliphatic carbocycles. The lowest BCUT2D eigenvalue weighted by atomic mass is 9.98. The first-order valence-electron chi connectivity index (χ1n) is 8.78. The van der Waals surface area contributed by atoms with Gasteiger partial charge in [0.15, 0.2) is 5.76 Å². The van der Waals surface area contributed by atoms with Crippen molar-refractivity contribution in [3.63, 3.8) is 0 Å². The van der Waals surface area contributed by atoms with Gasteiger partial charge in [0.1, 0.15) is 16.3 Å². The first kappa shape index (κ1) is 19.4. The Kier molecular flexibility index (Phi) is 5.52. The van der Waals surface area contributed by atoms with Crippen molar-refractivity contribution in [1.82, 2.24) is 14.8 Å². The molecule has 2 aromatic rings. The third kappa shape index (κ3) is 3.98. The van der Waals surface area contributed by atoms with E-state index in [1.807, 2.05) is 0 Å². The summed E-state index contributed by atoms with van der Waals surface area (Å²) in [5, 5.41) is 16.3. The molecule has 0 saturated carbocycles. The van der Waals surface area contributed by atoms with Crippen LogP contribution in [-0.2, 0) is 21.4 Å². The van der Waals surface area contributed by atoms with Crippen molar-refractivity contribution in [2.24, 2.45) is 5.92 Å². The van der Waals surface area contributed by atoms with Crippen LogP contribution in [0.15, 0.2) is 33.7 Å². The second kappa shape index (κ2) is 7.69. The summed E-state index contributed by atoms with van der Waals surface area (Å²) >= 11 is 0. The number of piperidine rings is 1. The SMILES string of the molecule is Cc1noc(C)c1S(=O)(=O)N1CCCC(C(=O)NCc2ccccc2O)C1. The molecule has 1 aliphatic heterocycles. The van der Waals surface area contributed by atoms with Crippen LogP contribution < -0.4 is 5.32 Å². The number of carbonyl (C=O) groups excluding carboxylic acids is 1. The van der Waals surface area contributed by atoms with E-state index in [0.717, 1.165) is 0 Å². The topological polar surface area (TPSA) is 113 Å². The number of carbonyl (C=O) groups is 1. The molecule has 0 bridgehead atoms. The minimum Gasteiger partial charge on any atom is -0.508 e. The highest BCUT2D eigenvalue weighted by molar-refractivity contribution is 7.89. The van der Waals surface area contributed by atoms with Gasteiger partial charge in [-0.05, 0) is 32.8 Å². The number of sulfonamides is 1. The molecule has 0 radical (unpaired) electrons. The number of phenolic OH excluding ortho intramolecular Hbond substituents is 1. The summed E-state index contributed by atoms with van der Waals surface area (Å²) in [5.74, 6) is -0.306. The van der Waals surface area contributed by atoms with Crippen molar-refractivity contribution >= 4 is 15.9 Å². The third-order valence-corrected chi connectivity index (χ3v) is 6.88. The first-order chi connectivity index (χ1) is 12.8. The number of para-hydroxylation sites is 1. The van der Waals surface area contributed by atoms with Crippen LogP contribution in [0.5, 0.6) is 5.75 Å². The normalized spacial score (nSPS) is 18.4. The maximum Gasteiger partial charge on any atom is 0.248 e. The van der Waals surface area contributed by atoms with Gasteiger partial charge in [-0.3, -0.25) is 4.79 Å². The van der Waals surface area contributed by atoms with E-state index in [1.54, 1.807) is 38.1 Å². The number of nitrogens with zero attached hydrogens (tertiary/aromatic N) is 2. The van der Waals surface area contributed by atoms with E-state index < -0.39 is 15.9 Å². The van der Waals surface area contributed by atoms with Crippen LogP contribution in [0.3, 0.4) is 0 Å².